The van der Waals surface area contributed by atoms with Gasteiger partial charge in [0.2, 0.25) is 0 Å². The molecule has 4 aliphatic rings. The second-order valence-electron chi connectivity index (χ2n) is 16.2. The van der Waals surface area contributed by atoms with Crippen LogP contribution in [0.2, 0.25) is 0 Å². The molecule has 48 heavy (non-hydrogen) atoms. The average Bonchev–Trinajstić information content (AvgIpc) is 3.38. The zero-order chi connectivity index (χ0) is 34.8. The molecule has 0 radical (unpaired) electrons. The second-order valence-corrected chi connectivity index (χ2v) is 20.9. The summed E-state index contributed by atoms with van der Waals surface area (Å²) in [5.74, 6) is 5.01. The van der Waals surface area contributed by atoms with Gasteiger partial charge in [0.05, 0.1) is 0 Å². The molecular formula is C38H69INO8+. The zero-order valence-electron chi connectivity index (χ0n) is 31.0. The number of alkyl carbamates (subject to hydrolysis) is 1. The molecular weight excluding hydrogens is 725 g/mol. The first-order valence-electron chi connectivity index (χ1n) is 19.0. The van der Waals surface area contributed by atoms with E-state index < -0.39 is 19.3 Å². The zero-order valence-corrected chi connectivity index (χ0v) is 33.2. The van der Waals surface area contributed by atoms with Gasteiger partial charge < -0.3 is 10.1 Å². The van der Waals surface area contributed by atoms with Crippen molar-refractivity contribution in [1.82, 2.24) is 5.32 Å². The first-order chi connectivity index (χ1) is 22.8. The Morgan fingerprint density at radius 2 is 1.60 bits per heavy atom. The number of alkyl halides is 1. The number of nitrogens with one attached hydrogen (secondary N) is 1. The van der Waals surface area contributed by atoms with E-state index in [1.54, 1.807) is 5.57 Å². The first-order valence-corrected chi connectivity index (χ1v) is 24.0. The Labute approximate surface area is 296 Å². The molecule has 0 heterocycles. The van der Waals surface area contributed by atoms with E-state index in [9.17, 15) is 7.86 Å². The fraction of sp³-hybridized carbons (Fsp3) is 0.921. The molecule has 0 bridgehead atoms. The predicted molar refractivity (Wildman–Crippen MR) is 199 cm³/mol. The summed E-state index contributed by atoms with van der Waals surface area (Å²) >= 11 is -3.85. The normalized spacial score (nSPS) is 33.9. The summed E-state index contributed by atoms with van der Waals surface area (Å²) in [4.78, 5) is 13.9. The van der Waals surface area contributed by atoms with Gasteiger partial charge in [0.25, 0.3) is 0 Å². The maximum atomic E-state index is 12.6. The minimum atomic E-state index is -3.85. The van der Waals surface area contributed by atoms with Crippen molar-refractivity contribution in [2.24, 2.45) is 46.3 Å². The van der Waals surface area contributed by atoms with Gasteiger partial charge in [-0.3, -0.25) is 0 Å². The van der Waals surface area contributed by atoms with Crippen molar-refractivity contribution in [3.05, 3.63) is 11.6 Å². The second kappa shape index (κ2) is 18.7. The maximum Gasteiger partial charge on any atom is -0.00825 e. The molecule has 3 fully saturated rings. The number of ether oxygens (including phenoxy) is 4. The number of hydrogen-bond acceptors (Lipinski definition) is 7. The smallest absolute Gasteiger partial charge is 0.00825 e. The minimum Gasteiger partial charge on any atom is -0.0591 e. The predicted octanol–water partition coefficient (Wildman–Crippen LogP) is 8.15. The number of halogens is 1. The van der Waals surface area contributed by atoms with Crippen molar-refractivity contribution in [2.75, 3.05) is 57.7 Å². The topological polar surface area (TPSA) is 115 Å². The number of fused-ring (bicyclic) bond motifs is 5. The number of carbonyl (C=O) groups is 1. The molecule has 0 saturated heterocycles. The Kier molecular flexibility index (Phi) is 15.6. The van der Waals surface area contributed by atoms with E-state index in [-0.39, 0.29) is 24.2 Å². The van der Waals surface area contributed by atoms with Crippen LogP contribution in [0, 0.1) is 46.3 Å². The standard InChI is InChI=1S/C38H68INO8/c1-28(2)9-7-10-29(3)33-13-14-34-32-12-11-30-27-31(15-17-37(30,4)35(32)16-18-38(33,34)5)48-36(41)40-19-8-20-44-21-22-45-23-24-46-25-26-47-39(6,42)43/h11,28-29,31-35H,7-10,12-27H2,1-6H3,(H,40,41)(H,42,43)/p+1. The Morgan fingerprint density at radius 1 is 0.917 bits per heavy atom. The van der Waals surface area contributed by atoms with E-state index in [2.05, 4.69) is 46.0 Å². The summed E-state index contributed by atoms with van der Waals surface area (Å²) in [7, 11) is 0. The van der Waals surface area contributed by atoms with Gasteiger partial charge in [0.1, 0.15) is 6.10 Å². The van der Waals surface area contributed by atoms with E-state index in [0.717, 1.165) is 54.8 Å². The summed E-state index contributed by atoms with van der Waals surface area (Å²) < 4.78 is 45.6. The van der Waals surface area contributed by atoms with Crippen molar-refractivity contribution >= 4 is 25.3 Å². The summed E-state index contributed by atoms with van der Waals surface area (Å²) in [6.07, 6.45) is 16.9. The molecule has 3 N–H and O–H groups in total. The fourth-order valence-electron chi connectivity index (χ4n) is 10.1. The summed E-state index contributed by atoms with van der Waals surface area (Å²) in [6, 6.07) is 0. The number of allylic oxidation sites excluding steroid dienone is 1. The van der Waals surface area contributed by atoms with E-state index in [4.69, 9.17) is 25.4 Å². The molecule has 4 aliphatic carbocycles. The van der Waals surface area contributed by atoms with Gasteiger partial charge in [-0.2, -0.15) is 0 Å². The molecule has 0 aromatic carbocycles. The Bertz CT molecular complexity index is 1080. The van der Waals surface area contributed by atoms with Crippen LogP contribution in [-0.4, -0.2) is 73.4 Å². The molecule has 0 aromatic heterocycles. The number of hydrogen-bond donors (Lipinski definition) is 1. The van der Waals surface area contributed by atoms with Gasteiger partial charge in [-0.1, -0.05) is 65.5 Å². The third-order valence-electron chi connectivity index (χ3n) is 12.5. The van der Waals surface area contributed by atoms with Gasteiger partial charge in [0, 0.05) is 13.0 Å². The summed E-state index contributed by atoms with van der Waals surface area (Å²) in [5, 5.41) is 2.92. The van der Waals surface area contributed by atoms with Crippen molar-refractivity contribution in [1.29, 1.82) is 0 Å². The van der Waals surface area contributed by atoms with Crippen LogP contribution in [0.3, 0.4) is 0 Å². The number of amides is 1. The third-order valence-corrected chi connectivity index (χ3v) is 14.2. The Hall–Kier alpha value is -0.660. The maximum absolute atomic E-state index is 12.6. The van der Waals surface area contributed by atoms with Gasteiger partial charge in [-0.15, -0.1) is 0 Å². The Balaban J connectivity index is 1.10. The molecule has 1 amide bonds. The number of rotatable bonds is 20. The molecule has 0 aromatic rings. The molecule has 0 spiro atoms. The quantitative estimate of drug-likeness (QED) is 0.0435. The SMILES string of the molecule is CC(C)CCCC(C)C1CCC2C3CC=C4CC(OC(=O)NCCCOCCOCCOCCOI(C)(=O)[OH2+])CCC4(C)C3CCC12C. The van der Waals surface area contributed by atoms with Gasteiger partial charge in [-0.05, 0) is 91.3 Å². The van der Waals surface area contributed by atoms with Crippen molar-refractivity contribution in [3.63, 3.8) is 0 Å². The van der Waals surface area contributed by atoms with Crippen LogP contribution in [-0.2, 0) is 25.1 Å². The number of carbonyl (C=O) groups excluding carboxylic acids is 1. The van der Waals surface area contributed by atoms with Gasteiger partial charge in [-0.25, -0.2) is 4.79 Å². The van der Waals surface area contributed by atoms with Crippen LogP contribution >= 0.6 is 19.3 Å². The molecule has 9 unspecified atom stereocenters. The third kappa shape index (κ3) is 11.2. The van der Waals surface area contributed by atoms with Crippen molar-refractivity contribution in [2.45, 2.75) is 118 Å². The van der Waals surface area contributed by atoms with Crippen LogP contribution in [0.4, 0.5) is 4.79 Å². The molecule has 9 atom stereocenters. The molecule has 10 heteroatoms. The van der Waals surface area contributed by atoms with E-state index in [1.807, 2.05) is 0 Å². The van der Waals surface area contributed by atoms with E-state index in [0.29, 0.717) is 58.0 Å². The first kappa shape index (κ1) is 40.1. The minimum absolute atomic E-state index is 0.0332. The average molecular weight is 795 g/mol. The molecule has 9 nitrogen and oxygen atoms in total. The van der Waals surface area contributed by atoms with Crippen LogP contribution < -0.4 is 5.32 Å². The fourth-order valence-corrected chi connectivity index (χ4v) is 11.1. The molecule has 0 aliphatic heterocycles. The van der Waals surface area contributed by atoms with Crippen LogP contribution in [0.15, 0.2) is 11.6 Å². The van der Waals surface area contributed by atoms with Crippen molar-refractivity contribution in [3.8, 4) is 0 Å². The van der Waals surface area contributed by atoms with Crippen molar-refractivity contribution < 1.29 is 33.3 Å². The van der Waals surface area contributed by atoms with Gasteiger partial charge >= 0.3 is 107 Å². The van der Waals surface area contributed by atoms with E-state index >= 15 is 0 Å². The van der Waals surface area contributed by atoms with Crippen LogP contribution in [0.1, 0.15) is 112 Å². The summed E-state index contributed by atoms with van der Waals surface area (Å²) in [5.41, 5.74) is 2.33. The summed E-state index contributed by atoms with van der Waals surface area (Å²) in [6.45, 7) is 15.8. The van der Waals surface area contributed by atoms with Gasteiger partial charge in [0.15, 0.2) is 0 Å². The van der Waals surface area contributed by atoms with E-state index in [1.165, 1.54) is 56.3 Å². The molecule has 3 saturated carbocycles. The van der Waals surface area contributed by atoms with Crippen LogP contribution in [0.25, 0.3) is 0 Å². The largest absolute Gasteiger partial charge is 0.0591 e. The monoisotopic (exact) mass is 794 g/mol. The van der Waals surface area contributed by atoms with Crippen LogP contribution in [0.5, 0.6) is 0 Å². The Morgan fingerprint density at radius 3 is 2.29 bits per heavy atom. The molecule has 280 valence electrons. The molecule has 4 rings (SSSR count).